The van der Waals surface area contributed by atoms with Gasteiger partial charge in [0.25, 0.3) is 0 Å². The summed E-state index contributed by atoms with van der Waals surface area (Å²) in [6.07, 6.45) is 0. The Kier molecular flexibility index (Phi) is 4.89. The Morgan fingerprint density at radius 2 is 1.94 bits per heavy atom. The van der Waals surface area contributed by atoms with Crippen LogP contribution < -0.4 is 15.8 Å². The molecule has 0 radical (unpaired) electrons. The topological polar surface area (TPSA) is 95.2 Å². The normalized spacial score (nSPS) is 12.5. The van der Waals surface area contributed by atoms with Gasteiger partial charge in [-0.3, -0.25) is 0 Å². The van der Waals surface area contributed by atoms with Gasteiger partial charge in [-0.1, -0.05) is 13.8 Å². The molecule has 1 unspecified atom stereocenters. The van der Waals surface area contributed by atoms with Crippen LogP contribution in [-0.4, -0.2) is 41.8 Å². The van der Waals surface area contributed by atoms with Crippen LogP contribution in [0.1, 0.15) is 13.8 Å². The van der Waals surface area contributed by atoms with Gasteiger partial charge in [-0.2, -0.15) is 15.0 Å². The number of aromatic nitrogens is 3. The standard InChI is InChI=1S/C10H19N5O2/c1-6(2)7(5-16-3)12-9-13-8(11)14-10(15-9)17-4/h6-7H,5H2,1-4H3,(H3,11,12,13,14,15). The summed E-state index contributed by atoms with van der Waals surface area (Å²) in [6, 6.07) is 0.298. The number of anilines is 2. The van der Waals surface area contributed by atoms with Gasteiger partial charge in [0.15, 0.2) is 0 Å². The molecule has 0 aliphatic carbocycles. The summed E-state index contributed by atoms with van der Waals surface area (Å²) in [5.74, 6) is 0.892. The van der Waals surface area contributed by atoms with Crippen LogP contribution in [0.4, 0.5) is 11.9 Å². The number of nitrogen functional groups attached to an aromatic ring is 1. The number of hydrogen-bond donors (Lipinski definition) is 2. The van der Waals surface area contributed by atoms with Crippen molar-refractivity contribution in [2.24, 2.45) is 5.92 Å². The molecule has 1 aromatic rings. The van der Waals surface area contributed by atoms with Crippen LogP contribution >= 0.6 is 0 Å². The predicted octanol–water partition coefficient (Wildman–Crippen LogP) is 0.545. The molecule has 0 aromatic carbocycles. The number of methoxy groups -OCH3 is 2. The van der Waals surface area contributed by atoms with Gasteiger partial charge in [0.1, 0.15) is 0 Å². The summed E-state index contributed by atoms with van der Waals surface area (Å²) in [5.41, 5.74) is 5.55. The molecule has 0 saturated heterocycles. The minimum Gasteiger partial charge on any atom is -0.467 e. The Bertz CT molecular complexity index is 359. The van der Waals surface area contributed by atoms with Gasteiger partial charge in [0.05, 0.1) is 19.8 Å². The number of nitrogens with two attached hydrogens (primary N) is 1. The van der Waals surface area contributed by atoms with Gasteiger partial charge in [-0.25, -0.2) is 0 Å². The Balaban J connectivity index is 2.81. The molecule has 3 N–H and O–H groups in total. The molecule has 0 aliphatic rings. The maximum absolute atomic E-state index is 5.55. The fraction of sp³-hybridized carbons (Fsp3) is 0.700. The Morgan fingerprint density at radius 3 is 2.47 bits per heavy atom. The summed E-state index contributed by atoms with van der Waals surface area (Å²) in [4.78, 5) is 11.9. The van der Waals surface area contributed by atoms with Crippen LogP contribution in [0.3, 0.4) is 0 Å². The first kappa shape index (κ1) is 13.4. The molecule has 0 amide bonds. The average molecular weight is 241 g/mol. The van der Waals surface area contributed by atoms with E-state index in [-0.39, 0.29) is 18.0 Å². The molecule has 7 nitrogen and oxygen atoms in total. The Labute approximate surface area is 101 Å². The third-order valence-corrected chi connectivity index (χ3v) is 2.28. The average Bonchev–Trinajstić information content (AvgIpc) is 2.27. The summed E-state index contributed by atoms with van der Waals surface area (Å²) in [6.45, 7) is 4.72. The number of nitrogens with zero attached hydrogens (tertiary/aromatic N) is 3. The highest BCUT2D eigenvalue weighted by atomic mass is 16.5. The van der Waals surface area contributed by atoms with Crippen molar-refractivity contribution in [3.8, 4) is 6.01 Å². The minimum absolute atomic E-state index is 0.103. The van der Waals surface area contributed by atoms with E-state index < -0.39 is 0 Å². The van der Waals surface area contributed by atoms with E-state index in [1.165, 1.54) is 7.11 Å². The van der Waals surface area contributed by atoms with Crippen molar-refractivity contribution in [3.63, 3.8) is 0 Å². The molecule has 0 aliphatic heterocycles. The van der Waals surface area contributed by atoms with Crippen LogP contribution in [-0.2, 0) is 4.74 Å². The van der Waals surface area contributed by atoms with E-state index in [0.29, 0.717) is 18.5 Å². The van der Waals surface area contributed by atoms with E-state index in [1.54, 1.807) is 7.11 Å². The molecule has 0 spiro atoms. The van der Waals surface area contributed by atoms with Crippen molar-refractivity contribution in [3.05, 3.63) is 0 Å². The van der Waals surface area contributed by atoms with Crippen LogP contribution in [0.5, 0.6) is 6.01 Å². The van der Waals surface area contributed by atoms with Crippen molar-refractivity contribution < 1.29 is 9.47 Å². The molecule has 0 fully saturated rings. The van der Waals surface area contributed by atoms with Crippen molar-refractivity contribution >= 4 is 11.9 Å². The van der Waals surface area contributed by atoms with Crippen LogP contribution in [0.25, 0.3) is 0 Å². The van der Waals surface area contributed by atoms with Crippen LogP contribution in [0.2, 0.25) is 0 Å². The lowest BCUT2D eigenvalue weighted by molar-refractivity contribution is 0.171. The zero-order chi connectivity index (χ0) is 12.8. The highest BCUT2D eigenvalue weighted by molar-refractivity contribution is 5.33. The quantitative estimate of drug-likeness (QED) is 0.750. The molecule has 96 valence electrons. The minimum atomic E-state index is 0.103. The van der Waals surface area contributed by atoms with Crippen molar-refractivity contribution in [2.45, 2.75) is 19.9 Å². The van der Waals surface area contributed by atoms with Gasteiger partial charge in [0, 0.05) is 7.11 Å². The monoisotopic (exact) mass is 241 g/mol. The summed E-state index contributed by atoms with van der Waals surface area (Å²) >= 11 is 0. The van der Waals surface area contributed by atoms with Crippen molar-refractivity contribution in [1.82, 2.24) is 15.0 Å². The highest BCUT2D eigenvalue weighted by Crippen LogP contribution is 2.12. The number of nitrogens with one attached hydrogen (secondary N) is 1. The van der Waals surface area contributed by atoms with Crippen LogP contribution in [0, 0.1) is 5.92 Å². The smallest absolute Gasteiger partial charge is 0.322 e. The number of hydrogen-bond acceptors (Lipinski definition) is 7. The molecule has 1 aromatic heterocycles. The molecule has 0 bridgehead atoms. The maximum Gasteiger partial charge on any atom is 0.322 e. The molecule has 17 heavy (non-hydrogen) atoms. The SMILES string of the molecule is COCC(Nc1nc(N)nc(OC)n1)C(C)C. The maximum atomic E-state index is 5.55. The fourth-order valence-corrected chi connectivity index (χ4v) is 1.27. The molecule has 0 saturated carbocycles. The largest absolute Gasteiger partial charge is 0.467 e. The number of ether oxygens (including phenoxy) is 2. The van der Waals surface area contributed by atoms with E-state index in [1.807, 2.05) is 0 Å². The van der Waals surface area contributed by atoms with Gasteiger partial charge < -0.3 is 20.5 Å². The first-order valence-electron chi connectivity index (χ1n) is 5.37. The summed E-state index contributed by atoms with van der Waals surface area (Å²) in [7, 11) is 3.13. The van der Waals surface area contributed by atoms with Gasteiger partial charge in [-0.05, 0) is 5.92 Å². The first-order chi connectivity index (χ1) is 8.06. The molecular formula is C10H19N5O2. The highest BCUT2D eigenvalue weighted by Gasteiger charge is 2.15. The zero-order valence-electron chi connectivity index (χ0n) is 10.6. The van der Waals surface area contributed by atoms with E-state index in [9.17, 15) is 0 Å². The predicted molar refractivity (Wildman–Crippen MR) is 64.9 cm³/mol. The lowest BCUT2D eigenvalue weighted by atomic mass is 10.1. The second kappa shape index (κ2) is 6.19. The Morgan fingerprint density at radius 1 is 1.24 bits per heavy atom. The number of rotatable bonds is 6. The fourth-order valence-electron chi connectivity index (χ4n) is 1.27. The molecule has 7 heteroatoms. The zero-order valence-corrected chi connectivity index (χ0v) is 10.6. The van der Waals surface area contributed by atoms with E-state index in [0.717, 1.165) is 0 Å². The molecule has 1 atom stereocenters. The van der Waals surface area contributed by atoms with E-state index in [2.05, 4.69) is 34.1 Å². The van der Waals surface area contributed by atoms with Crippen molar-refractivity contribution in [2.75, 3.05) is 31.9 Å². The molecule has 1 heterocycles. The Hall–Kier alpha value is -1.63. The molecular weight excluding hydrogens is 222 g/mol. The van der Waals surface area contributed by atoms with Gasteiger partial charge in [-0.15, -0.1) is 0 Å². The first-order valence-corrected chi connectivity index (χ1v) is 5.37. The van der Waals surface area contributed by atoms with Gasteiger partial charge >= 0.3 is 6.01 Å². The van der Waals surface area contributed by atoms with Gasteiger partial charge in [0.2, 0.25) is 11.9 Å². The lowest BCUT2D eigenvalue weighted by Crippen LogP contribution is -2.31. The second-order valence-corrected chi connectivity index (χ2v) is 3.95. The van der Waals surface area contributed by atoms with E-state index in [4.69, 9.17) is 15.2 Å². The molecule has 1 rings (SSSR count). The van der Waals surface area contributed by atoms with E-state index >= 15 is 0 Å². The third kappa shape index (κ3) is 4.03. The lowest BCUT2D eigenvalue weighted by Gasteiger charge is -2.21. The second-order valence-electron chi connectivity index (χ2n) is 3.95. The van der Waals surface area contributed by atoms with Crippen LogP contribution in [0.15, 0.2) is 0 Å². The summed E-state index contributed by atoms with van der Waals surface area (Å²) < 4.78 is 10.1. The van der Waals surface area contributed by atoms with Crippen molar-refractivity contribution in [1.29, 1.82) is 0 Å². The third-order valence-electron chi connectivity index (χ3n) is 2.28. The summed E-state index contributed by atoms with van der Waals surface area (Å²) in [5, 5.41) is 3.15.